The van der Waals surface area contributed by atoms with Gasteiger partial charge in [0.2, 0.25) is 5.91 Å². The van der Waals surface area contributed by atoms with Crippen LogP contribution in [0.5, 0.6) is 0 Å². The average Bonchev–Trinajstić information content (AvgIpc) is 3.37. The highest BCUT2D eigenvalue weighted by Crippen LogP contribution is 2.53. The largest absolute Gasteiger partial charge is 0.443 e. The number of hydrogen-bond acceptors (Lipinski definition) is 4. The summed E-state index contributed by atoms with van der Waals surface area (Å²) in [5.41, 5.74) is 6.64. The average molecular weight is 292 g/mol. The summed E-state index contributed by atoms with van der Waals surface area (Å²) in [6.45, 7) is 4.21. The van der Waals surface area contributed by atoms with Crippen molar-refractivity contribution < 1.29 is 9.53 Å². The van der Waals surface area contributed by atoms with Crippen LogP contribution in [0.3, 0.4) is 0 Å². The summed E-state index contributed by atoms with van der Waals surface area (Å²) >= 11 is 0. The van der Waals surface area contributed by atoms with Crippen LogP contribution in [-0.4, -0.2) is 42.7 Å². The molecule has 0 bridgehead atoms. The molecule has 1 spiro atoms. The summed E-state index contributed by atoms with van der Waals surface area (Å²) in [4.78, 5) is 18.4. The number of piperidine rings is 1. The van der Waals surface area contributed by atoms with Gasteiger partial charge >= 0.3 is 6.02 Å². The third kappa shape index (κ3) is 2.73. The van der Waals surface area contributed by atoms with Crippen LogP contribution in [0.25, 0.3) is 0 Å². The van der Waals surface area contributed by atoms with E-state index in [0.29, 0.717) is 23.3 Å². The number of carbonyl (C=O) groups is 1. The van der Waals surface area contributed by atoms with Crippen LogP contribution in [0.1, 0.15) is 39.0 Å². The molecule has 2 N–H and O–H groups in total. The van der Waals surface area contributed by atoms with E-state index in [2.05, 4.69) is 22.8 Å². The molecule has 0 radical (unpaired) electrons. The Hall–Kier alpha value is -1.30. The minimum absolute atomic E-state index is 0.0126. The Labute approximate surface area is 125 Å². The molecule has 0 aromatic heterocycles. The van der Waals surface area contributed by atoms with Crippen LogP contribution in [0.15, 0.2) is 4.99 Å². The van der Waals surface area contributed by atoms with Crippen LogP contribution in [-0.2, 0) is 9.53 Å². The van der Waals surface area contributed by atoms with E-state index in [9.17, 15) is 4.79 Å². The predicted octanol–water partition coefficient (Wildman–Crippen LogP) is 0.851. The number of nitrogens with one attached hydrogen (secondary N) is 2. The highest BCUT2D eigenvalue weighted by molar-refractivity contribution is 5.82. The number of nitrogens with zero attached hydrogens (tertiary/aromatic N) is 2. The quantitative estimate of drug-likeness (QED) is 0.809. The molecule has 4 rings (SSSR count). The SMILES string of the molecule is CC1CC1C1NNC(=NCC(=O)N2CCC3(CC2)CC3)O1. The Morgan fingerprint density at radius 2 is 2.10 bits per heavy atom. The van der Waals surface area contributed by atoms with E-state index in [1.165, 1.54) is 32.1 Å². The third-order valence-electron chi connectivity index (χ3n) is 5.61. The molecule has 116 valence electrons. The van der Waals surface area contributed by atoms with Crippen molar-refractivity contribution in [3.63, 3.8) is 0 Å². The molecule has 6 nitrogen and oxygen atoms in total. The summed E-state index contributed by atoms with van der Waals surface area (Å²) in [6, 6.07) is 0.461. The number of amides is 1. The molecule has 2 heterocycles. The lowest BCUT2D eigenvalue weighted by atomic mass is 9.94. The number of carbonyl (C=O) groups excluding carboxylic acids is 1. The lowest BCUT2D eigenvalue weighted by molar-refractivity contribution is -0.131. The standard InChI is InChI=1S/C15H24N4O2/c1-10-8-11(10)13-17-18-14(21-13)16-9-12(20)19-6-4-15(2-3-15)5-7-19/h10-11,13,17H,2-9H2,1H3,(H,16,18). The smallest absolute Gasteiger partial charge is 0.301 e. The summed E-state index contributed by atoms with van der Waals surface area (Å²) in [5.74, 6) is 1.40. The van der Waals surface area contributed by atoms with Gasteiger partial charge in [0.05, 0.1) is 0 Å². The van der Waals surface area contributed by atoms with E-state index in [0.717, 1.165) is 13.1 Å². The molecule has 3 atom stereocenters. The third-order valence-corrected chi connectivity index (χ3v) is 5.61. The Bertz CT molecular complexity index is 464. The maximum absolute atomic E-state index is 12.2. The van der Waals surface area contributed by atoms with Crippen molar-refractivity contribution in [2.24, 2.45) is 22.2 Å². The van der Waals surface area contributed by atoms with E-state index in [4.69, 9.17) is 4.74 Å². The fraction of sp³-hybridized carbons (Fsp3) is 0.867. The summed E-state index contributed by atoms with van der Waals surface area (Å²) < 4.78 is 5.69. The fourth-order valence-electron chi connectivity index (χ4n) is 3.50. The maximum atomic E-state index is 12.2. The normalized spacial score (nSPS) is 38.2. The van der Waals surface area contributed by atoms with E-state index in [-0.39, 0.29) is 18.7 Å². The highest BCUT2D eigenvalue weighted by atomic mass is 16.5. The first-order chi connectivity index (χ1) is 10.2. The molecule has 2 saturated heterocycles. The molecule has 3 unspecified atom stereocenters. The number of likely N-dealkylation sites (tertiary alicyclic amines) is 1. The van der Waals surface area contributed by atoms with Gasteiger partial charge in [-0.3, -0.25) is 10.2 Å². The van der Waals surface area contributed by atoms with Gasteiger partial charge in [-0.15, -0.1) is 0 Å². The zero-order valence-electron chi connectivity index (χ0n) is 12.6. The number of amidine groups is 1. The molecule has 21 heavy (non-hydrogen) atoms. The molecule has 0 aromatic carbocycles. The Morgan fingerprint density at radius 1 is 1.38 bits per heavy atom. The molecule has 2 saturated carbocycles. The van der Waals surface area contributed by atoms with Gasteiger partial charge in [-0.05, 0) is 43.4 Å². The first-order valence-corrected chi connectivity index (χ1v) is 8.16. The monoisotopic (exact) mass is 292 g/mol. The van der Waals surface area contributed by atoms with Crippen molar-refractivity contribution in [3.8, 4) is 0 Å². The molecule has 4 fully saturated rings. The van der Waals surface area contributed by atoms with Crippen LogP contribution >= 0.6 is 0 Å². The Morgan fingerprint density at radius 3 is 2.71 bits per heavy atom. The topological polar surface area (TPSA) is 66.0 Å². The first-order valence-electron chi connectivity index (χ1n) is 8.16. The van der Waals surface area contributed by atoms with Gasteiger partial charge in [0.25, 0.3) is 0 Å². The van der Waals surface area contributed by atoms with Crippen molar-refractivity contribution in [2.45, 2.75) is 45.3 Å². The van der Waals surface area contributed by atoms with E-state index in [1.807, 2.05) is 4.90 Å². The predicted molar refractivity (Wildman–Crippen MR) is 78.2 cm³/mol. The molecule has 4 aliphatic rings. The van der Waals surface area contributed by atoms with E-state index < -0.39 is 0 Å². The summed E-state index contributed by atoms with van der Waals surface area (Å²) in [7, 11) is 0. The number of hydrazine groups is 1. The van der Waals surface area contributed by atoms with Crippen molar-refractivity contribution >= 4 is 11.9 Å². The lowest BCUT2D eigenvalue weighted by Crippen LogP contribution is -2.40. The maximum Gasteiger partial charge on any atom is 0.301 e. The molecule has 2 aliphatic heterocycles. The molecule has 6 heteroatoms. The highest BCUT2D eigenvalue weighted by Gasteiger charge is 2.45. The zero-order chi connectivity index (χ0) is 14.4. The van der Waals surface area contributed by atoms with Gasteiger partial charge in [-0.1, -0.05) is 6.92 Å². The number of rotatable bonds is 3. The van der Waals surface area contributed by atoms with Gasteiger partial charge in [-0.25, -0.2) is 4.99 Å². The lowest BCUT2D eigenvalue weighted by Gasteiger charge is -2.31. The second kappa shape index (κ2) is 4.87. The van der Waals surface area contributed by atoms with Crippen LogP contribution < -0.4 is 10.9 Å². The number of aliphatic imine (C=N–C) groups is 1. The number of hydrogen-bond donors (Lipinski definition) is 2. The second-order valence-electron chi connectivity index (χ2n) is 7.19. The van der Waals surface area contributed by atoms with Gasteiger partial charge < -0.3 is 9.64 Å². The minimum Gasteiger partial charge on any atom is -0.443 e. The van der Waals surface area contributed by atoms with Crippen LogP contribution in [0.2, 0.25) is 0 Å². The van der Waals surface area contributed by atoms with Gasteiger partial charge in [-0.2, -0.15) is 5.43 Å². The number of ether oxygens (including phenoxy) is 1. The Kier molecular flexibility index (Phi) is 3.10. The molecule has 0 aromatic rings. The van der Waals surface area contributed by atoms with Gasteiger partial charge in [0, 0.05) is 19.0 Å². The molecular weight excluding hydrogens is 268 g/mol. The molecular formula is C15H24N4O2. The van der Waals surface area contributed by atoms with Gasteiger partial charge in [0.1, 0.15) is 6.54 Å². The fourth-order valence-corrected chi connectivity index (χ4v) is 3.50. The van der Waals surface area contributed by atoms with Crippen LogP contribution in [0, 0.1) is 17.3 Å². The van der Waals surface area contributed by atoms with Crippen molar-refractivity contribution in [2.75, 3.05) is 19.6 Å². The van der Waals surface area contributed by atoms with Crippen LogP contribution in [0.4, 0.5) is 0 Å². The minimum atomic E-state index is 0.0126. The zero-order valence-corrected chi connectivity index (χ0v) is 12.6. The van der Waals surface area contributed by atoms with E-state index >= 15 is 0 Å². The van der Waals surface area contributed by atoms with E-state index in [1.54, 1.807) is 0 Å². The summed E-state index contributed by atoms with van der Waals surface area (Å²) in [6.07, 6.45) is 6.28. The van der Waals surface area contributed by atoms with Crippen molar-refractivity contribution in [1.82, 2.24) is 15.8 Å². The summed E-state index contributed by atoms with van der Waals surface area (Å²) in [5, 5.41) is 0. The molecule has 2 aliphatic carbocycles. The van der Waals surface area contributed by atoms with Gasteiger partial charge in [0.15, 0.2) is 6.23 Å². The van der Waals surface area contributed by atoms with Crippen molar-refractivity contribution in [3.05, 3.63) is 0 Å². The van der Waals surface area contributed by atoms with Crippen molar-refractivity contribution in [1.29, 1.82) is 0 Å². The molecule has 1 amide bonds. The Balaban J connectivity index is 1.24. The first kappa shape index (κ1) is 13.4. The second-order valence-corrected chi connectivity index (χ2v) is 7.19.